The molecule has 0 bridgehead atoms. The number of rotatable bonds is 8. The van der Waals surface area contributed by atoms with Crippen molar-refractivity contribution in [1.29, 1.82) is 0 Å². The highest BCUT2D eigenvalue weighted by Gasteiger charge is 2.40. The van der Waals surface area contributed by atoms with Crippen LogP contribution in [-0.4, -0.2) is 18.4 Å². The maximum absolute atomic E-state index is 13.6. The molecule has 0 saturated carbocycles. The molecule has 0 radical (unpaired) electrons. The largest absolute Gasteiger partial charge is 0.494 e. The first-order chi connectivity index (χ1) is 16.4. The van der Waals surface area contributed by atoms with Crippen LogP contribution in [0.1, 0.15) is 49.8 Å². The number of imide groups is 1. The van der Waals surface area contributed by atoms with Crippen molar-refractivity contribution in [3.05, 3.63) is 95.2 Å². The molecule has 1 aliphatic heterocycles. The van der Waals surface area contributed by atoms with E-state index in [9.17, 15) is 9.59 Å². The molecule has 5 heteroatoms. The van der Waals surface area contributed by atoms with E-state index in [-0.39, 0.29) is 17.5 Å². The van der Waals surface area contributed by atoms with Crippen molar-refractivity contribution in [2.45, 2.75) is 40.0 Å². The van der Waals surface area contributed by atoms with Crippen molar-refractivity contribution < 1.29 is 14.3 Å². The Bertz CT molecular complexity index is 1220. The zero-order valence-electron chi connectivity index (χ0n) is 20.1. The highest BCUT2D eigenvalue weighted by atomic mass is 16.5. The summed E-state index contributed by atoms with van der Waals surface area (Å²) in [5, 5.41) is 3.24. The van der Waals surface area contributed by atoms with Gasteiger partial charge in [0.1, 0.15) is 11.4 Å². The summed E-state index contributed by atoms with van der Waals surface area (Å²) < 4.78 is 5.68. The summed E-state index contributed by atoms with van der Waals surface area (Å²) in [5.74, 6) is 0.421. The molecule has 1 N–H and O–H groups in total. The third-order valence-electron chi connectivity index (χ3n) is 5.81. The number of anilines is 2. The van der Waals surface area contributed by atoms with Gasteiger partial charge in [-0.15, -0.1) is 0 Å². The summed E-state index contributed by atoms with van der Waals surface area (Å²) in [5.41, 5.74) is 4.78. The van der Waals surface area contributed by atoms with Gasteiger partial charge in [0.15, 0.2) is 0 Å². The van der Waals surface area contributed by atoms with Gasteiger partial charge < -0.3 is 10.1 Å². The molecule has 1 heterocycles. The Morgan fingerprint density at radius 3 is 2.24 bits per heavy atom. The number of carbonyl (C=O) groups is 2. The normalized spacial score (nSPS) is 13.7. The molecular formula is C29H30N2O3. The van der Waals surface area contributed by atoms with Gasteiger partial charge in [0.2, 0.25) is 0 Å². The average Bonchev–Trinajstić information content (AvgIpc) is 3.07. The van der Waals surface area contributed by atoms with Crippen LogP contribution in [0.15, 0.2) is 78.5 Å². The van der Waals surface area contributed by atoms with Gasteiger partial charge in [0, 0.05) is 5.69 Å². The molecule has 174 valence electrons. The van der Waals surface area contributed by atoms with Gasteiger partial charge in [0.25, 0.3) is 11.8 Å². The molecule has 2 amide bonds. The highest BCUT2D eigenvalue weighted by molar-refractivity contribution is 6.46. The molecule has 0 spiro atoms. The number of aryl methyl sites for hydroxylation is 1. The van der Waals surface area contributed by atoms with E-state index < -0.39 is 0 Å². The molecule has 3 aromatic carbocycles. The van der Waals surface area contributed by atoms with Crippen LogP contribution in [0.3, 0.4) is 0 Å². The smallest absolute Gasteiger partial charge is 0.282 e. The summed E-state index contributed by atoms with van der Waals surface area (Å²) >= 11 is 0. The third kappa shape index (κ3) is 4.74. The predicted molar refractivity (Wildman–Crippen MR) is 137 cm³/mol. The topological polar surface area (TPSA) is 58.6 Å². The molecule has 4 rings (SSSR count). The molecule has 0 aromatic heterocycles. The Morgan fingerprint density at radius 1 is 0.912 bits per heavy atom. The van der Waals surface area contributed by atoms with Crippen LogP contribution in [0, 0.1) is 6.92 Å². The Balaban J connectivity index is 1.74. The molecule has 0 saturated heterocycles. The van der Waals surface area contributed by atoms with E-state index >= 15 is 0 Å². The second-order valence-electron chi connectivity index (χ2n) is 8.81. The zero-order chi connectivity index (χ0) is 24.2. The summed E-state index contributed by atoms with van der Waals surface area (Å²) in [7, 11) is 0. The van der Waals surface area contributed by atoms with E-state index in [4.69, 9.17) is 4.74 Å². The molecular weight excluding hydrogens is 424 g/mol. The number of benzene rings is 3. The Morgan fingerprint density at radius 2 is 1.62 bits per heavy atom. The summed E-state index contributed by atoms with van der Waals surface area (Å²) in [6, 6.07) is 22.7. The van der Waals surface area contributed by atoms with Crippen LogP contribution < -0.4 is 15.0 Å². The van der Waals surface area contributed by atoms with Crippen LogP contribution in [-0.2, 0) is 9.59 Å². The van der Waals surface area contributed by atoms with Gasteiger partial charge in [-0.25, -0.2) is 4.90 Å². The van der Waals surface area contributed by atoms with Crippen molar-refractivity contribution in [3.8, 4) is 5.75 Å². The number of hydrogen-bond acceptors (Lipinski definition) is 4. The van der Waals surface area contributed by atoms with Gasteiger partial charge in [0.05, 0.1) is 17.9 Å². The van der Waals surface area contributed by atoms with E-state index in [2.05, 4.69) is 19.2 Å². The van der Waals surface area contributed by atoms with E-state index in [0.717, 1.165) is 23.4 Å². The summed E-state index contributed by atoms with van der Waals surface area (Å²) in [4.78, 5) is 28.4. The van der Waals surface area contributed by atoms with Gasteiger partial charge >= 0.3 is 0 Å². The van der Waals surface area contributed by atoms with Gasteiger partial charge in [-0.2, -0.15) is 0 Å². The lowest BCUT2D eigenvalue weighted by Gasteiger charge is -2.16. The minimum Gasteiger partial charge on any atom is -0.494 e. The lowest BCUT2D eigenvalue weighted by atomic mass is 10.0. The molecule has 0 aliphatic carbocycles. The van der Waals surface area contributed by atoms with Gasteiger partial charge in [-0.05, 0) is 72.4 Å². The van der Waals surface area contributed by atoms with Crippen molar-refractivity contribution >= 4 is 28.8 Å². The van der Waals surface area contributed by atoms with Crippen molar-refractivity contribution in [2.75, 3.05) is 16.8 Å². The average molecular weight is 455 g/mol. The zero-order valence-corrected chi connectivity index (χ0v) is 20.1. The van der Waals surface area contributed by atoms with E-state index in [1.54, 1.807) is 6.07 Å². The number of nitrogens with zero attached hydrogens (tertiary/aromatic N) is 1. The van der Waals surface area contributed by atoms with Crippen molar-refractivity contribution in [2.24, 2.45) is 0 Å². The lowest BCUT2D eigenvalue weighted by Crippen LogP contribution is -2.32. The van der Waals surface area contributed by atoms with Crippen LogP contribution in [0.4, 0.5) is 11.4 Å². The van der Waals surface area contributed by atoms with Crippen LogP contribution >= 0.6 is 0 Å². The van der Waals surface area contributed by atoms with Gasteiger partial charge in [-0.1, -0.05) is 57.2 Å². The minimum absolute atomic E-state index is 0.269. The van der Waals surface area contributed by atoms with Crippen LogP contribution in [0.25, 0.3) is 5.57 Å². The second-order valence-corrected chi connectivity index (χ2v) is 8.81. The summed E-state index contributed by atoms with van der Waals surface area (Å²) in [6.45, 7) is 8.88. The predicted octanol–water partition coefficient (Wildman–Crippen LogP) is 6.30. The second kappa shape index (κ2) is 9.96. The number of hydrogen-bond donors (Lipinski definition) is 1. The fourth-order valence-corrected chi connectivity index (χ4v) is 3.95. The van der Waals surface area contributed by atoms with E-state index in [1.165, 1.54) is 10.5 Å². The molecule has 3 aromatic rings. The minimum atomic E-state index is -0.371. The fraction of sp³-hybridized carbons (Fsp3) is 0.241. The Hall–Kier alpha value is -3.86. The van der Waals surface area contributed by atoms with Crippen LogP contribution in [0.5, 0.6) is 5.75 Å². The number of nitrogens with one attached hydrogen (secondary N) is 1. The number of ether oxygens (including phenoxy) is 1. The maximum Gasteiger partial charge on any atom is 0.282 e. The molecule has 0 atom stereocenters. The maximum atomic E-state index is 13.6. The quantitative estimate of drug-likeness (QED) is 0.406. The van der Waals surface area contributed by atoms with Crippen molar-refractivity contribution in [3.63, 3.8) is 0 Å². The molecule has 1 aliphatic rings. The lowest BCUT2D eigenvalue weighted by molar-refractivity contribution is -0.120. The van der Waals surface area contributed by atoms with Gasteiger partial charge in [-0.3, -0.25) is 9.59 Å². The Labute approximate surface area is 201 Å². The first-order valence-corrected chi connectivity index (χ1v) is 11.7. The van der Waals surface area contributed by atoms with E-state index in [1.807, 2.05) is 80.6 Å². The number of carbonyl (C=O) groups excluding carboxylic acids is 2. The van der Waals surface area contributed by atoms with E-state index in [0.29, 0.717) is 29.3 Å². The first kappa shape index (κ1) is 23.3. The number of amides is 2. The van der Waals surface area contributed by atoms with Crippen LogP contribution in [0.2, 0.25) is 0 Å². The SMILES string of the molecule is CCCOc1ccc(C2=C(Nc3ccc(C(C)C)cc3)C(=O)N(c3cccc(C)c3)C2=O)cc1. The monoisotopic (exact) mass is 454 g/mol. The standard InChI is InChI=1S/C29H30N2O3/c1-5-17-34-25-15-11-22(12-16-25)26-27(30-23-13-9-21(10-14-23)19(2)3)29(33)31(28(26)32)24-8-6-7-20(4)18-24/h6-16,18-19,30H,5,17H2,1-4H3. The first-order valence-electron chi connectivity index (χ1n) is 11.7. The van der Waals surface area contributed by atoms with Crippen molar-refractivity contribution in [1.82, 2.24) is 0 Å². The fourth-order valence-electron chi connectivity index (χ4n) is 3.95. The molecule has 5 nitrogen and oxygen atoms in total. The molecule has 0 fully saturated rings. The third-order valence-corrected chi connectivity index (χ3v) is 5.81. The molecule has 0 unspecified atom stereocenters. The highest BCUT2D eigenvalue weighted by Crippen LogP contribution is 2.34. The molecule has 34 heavy (non-hydrogen) atoms. The Kier molecular flexibility index (Phi) is 6.82. The summed E-state index contributed by atoms with van der Waals surface area (Å²) in [6.07, 6.45) is 0.912.